The van der Waals surface area contributed by atoms with E-state index in [0.717, 1.165) is 35.3 Å². The number of pyridine rings is 1. The summed E-state index contributed by atoms with van der Waals surface area (Å²) < 4.78 is 0. The fraction of sp³-hybridized carbons (Fsp3) is 0.227. The first kappa shape index (κ1) is 19.0. The van der Waals surface area contributed by atoms with Gasteiger partial charge in [-0.1, -0.05) is 35.9 Å². The second kappa shape index (κ2) is 8.73. The highest BCUT2D eigenvalue weighted by molar-refractivity contribution is 7.99. The third kappa shape index (κ3) is 3.81. The molecule has 0 aliphatic heterocycles. The van der Waals surface area contributed by atoms with Crippen LogP contribution in [0.3, 0.4) is 0 Å². The van der Waals surface area contributed by atoms with Gasteiger partial charge in [0.25, 0.3) is 0 Å². The third-order valence-electron chi connectivity index (χ3n) is 4.88. The summed E-state index contributed by atoms with van der Waals surface area (Å²) in [6.45, 7) is 2.20. The van der Waals surface area contributed by atoms with E-state index >= 15 is 0 Å². The van der Waals surface area contributed by atoms with Crippen molar-refractivity contribution in [2.45, 2.75) is 30.1 Å². The second-order valence-electron chi connectivity index (χ2n) is 6.28. The van der Waals surface area contributed by atoms with Crippen LogP contribution in [-0.2, 0) is 5.41 Å². The van der Waals surface area contributed by atoms with Crippen molar-refractivity contribution in [3.05, 3.63) is 83.2 Å². The monoisotopic (exact) mass is 393 g/mol. The van der Waals surface area contributed by atoms with Gasteiger partial charge in [0.15, 0.2) is 0 Å². The van der Waals surface area contributed by atoms with Crippen LogP contribution in [0.1, 0.15) is 25.3 Å². The largest absolute Gasteiger partial charge is 0.264 e. The van der Waals surface area contributed by atoms with Gasteiger partial charge in [-0.25, -0.2) is 0 Å². The molecule has 0 radical (unpaired) electrons. The minimum atomic E-state index is -0.355. The molecule has 1 aliphatic carbocycles. The number of hydrogen-bond donors (Lipinski definition) is 0. The molecule has 1 aromatic carbocycles. The van der Waals surface area contributed by atoms with Crippen LogP contribution in [0.5, 0.6) is 0 Å². The zero-order valence-electron chi connectivity index (χ0n) is 14.6. The number of aromatic nitrogens is 1. The molecule has 0 bridgehead atoms. The minimum absolute atomic E-state index is 0.355. The Labute approximate surface area is 169 Å². The first-order valence-electron chi connectivity index (χ1n) is 8.48. The molecule has 1 aromatic heterocycles. The number of allylic oxidation sites excluding steroid dienone is 3. The molecule has 1 nitrogen and oxygen atoms in total. The van der Waals surface area contributed by atoms with Crippen LogP contribution >= 0.6 is 36.2 Å². The third-order valence-corrected chi connectivity index (χ3v) is 6.26. The van der Waals surface area contributed by atoms with Gasteiger partial charge in [-0.05, 0) is 78.0 Å². The molecule has 1 aliphatic rings. The van der Waals surface area contributed by atoms with Crippen LogP contribution in [0, 0.1) is 0 Å². The highest BCUT2D eigenvalue weighted by Crippen LogP contribution is 2.47. The summed E-state index contributed by atoms with van der Waals surface area (Å²) in [5, 5.41) is 5.90. The van der Waals surface area contributed by atoms with Crippen molar-refractivity contribution in [2.75, 3.05) is 5.75 Å². The van der Waals surface area contributed by atoms with Crippen molar-refractivity contribution in [3.8, 4) is 0 Å². The van der Waals surface area contributed by atoms with Crippen LogP contribution in [-0.4, -0.2) is 20.8 Å². The highest BCUT2D eigenvalue weighted by atomic mass is 32.2. The average Bonchev–Trinajstić information content (AvgIpc) is 2.70. The van der Waals surface area contributed by atoms with Gasteiger partial charge < -0.3 is 0 Å². The summed E-state index contributed by atoms with van der Waals surface area (Å²) in [5.74, 6) is 0.913. The van der Waals surface area contributed by atoms with E-state index in [1.54, 1.807) is 6.20 Å². The number of rotatable bonds is 4. The lowest BCUT2D eigenvalue weighted by Gasteiger charge is -2.39. The second-order valence-corrected chi connectivity index (χ2v) is 7.78. The van der Waals surface area contributed by atoms with Crippen molar-refractivity contribution in [3.63, 3.8) is 0 Å². The summed E-state index contributed by atoms with van der Waals surface area (Å²) in [6, 6.07) is 14.5. The molecule has 1 heterocycles. The maximum absolute atomic E-state index is 5.26. The van der Waals surface area contributed by atoms with Gasteiger partial charge in [0.2, 0.25) is 0 Å². The van der Waals surface area contributed by atoms with E-state index in [1.165, 1.54) is 10.5 Å². The van der Waals surface area contributed by atoms with Gasteiger partial charge in [-0.2, -0.15) is 0 Å². The Bertz CT molecular complexity index is 905. The van der Waals surface area contributed by atoms with Crippen molar-refractivity contribution < 1.29 is 0 Å². The Kier molecular flexibility index (Phi) is 6.37. The predicted molar refractivity (Wildman–Crippen MR) is 118 cm³/mol. The van der Waals surface area contributed by atoms with Crippen molar-refractivity contribution in [1.82, 2.24) is 4.98 Å². The maximum atomic E-state index is 5.26. The van der Waals surface area contributed by atoms with Crippen LogP contribution < -0.4 is 0 Å². The number of benzene rings is 1. The smallest absolute Gasteiger partial charge is 0.0489 e. The van der Waals surface area contributed by atoms with Crippen molar-refractivity contribution in [2.24, 2.45) is 0 Å². The Morgan fingerprint density at radius 1 is 1.12 bits per heavy atom. The number of thiocarbonyl (C=S) groups is 2. The van der Waals surface area contributed by atoms with Crippen molar-refractivity contribution in [1.29, 1.82) is 0 Å². The minimum Gasteiger partial charge on any atom is -0.264 e. The van der Waals surface area contributed by atoms with E-state index in [0.29, 0.717) is 0 Å². The average molecular weight is 394 g/mol. The van der Waals surface area contributed by atoms with E-state index in [9.17, 15) is 0 Å². The van der Waals surface area contributed by atoms with Gasteiger partial charge in [0.1, 0.15) is 0 Å². The van der Waals surface area contributed by atoms with Crippen LogP contribution in [0.4, 0.5) is 0 Å². The molecule has 4 heteroatoms. The lowest BCUT2D eigenvalue weighted by molar-refractivity contribution is 0.592. The molecule has 1 atom stereocenters. The Morgan fingerprint density at radius 2 is 1.92 bits per heavy atom. The lowest BCUT2D eigenvalue weighted by atomic mass is 9.63. The number of thioether (sulfide) groups is 1. The van der Waals surface area contributed by atoms with Gasteiger partial charge in [0.05, 0.1) is 0 Å². The normalized spacial score (nSPS) is 21.3. The molecular formula is C22H19NS3. The van der Waals surface area contributed by atoms with E-state index in [4.69, 9.17) is 24.4 Å². The molecule has 1 fully saturated rings. The Morgan fingerprint density at radius 3 is 2.58 bits per heavy atom. The first-order chi connectivity index (χ1) is 12.7. The number of nitrogens with zero attached hydrogens (tertiary/aromatic N) is 1. The zero-order valence-corrected chi connectivity index (χ0v) is 17.0. The summed E-state index contributed by atoms with van der Waals surface area (Å²) in [4.78, 5) is 5.60. The number of hydrogen-bond acceptors (Lipinski definition) is 4. The molecular weight excluding hydrogens is 374 g/mol. The molecule has 0 amide bonds. The highest BCUT2D eigenvalue weighted by Gasteiger charge is 2.40. The van der Waals surface area contributed by atoms with E-state index < -0.39 is 0 Å². The molecule has 1 unspecified atom stereocenters. The summed E-state index contributed by atoms with van der Waals surface area (Å²) in [7, 11) is 0. The predicted octanol–water partition coefficient (Wildman–Crippen LogP) is 5.90. The van der Waals surface area contributed by atoms with Crippen LogP contribution in [0.25, 0.3) is 0 Å². The summed E-state index contributed by atoms with van der Waals surface area (Å²) in [5.41, 5.74) is 4.06. The standard InChI is InChI=1S/C22H19NS3/c1-22(19-6-5-12-23-14-19)18(10-9-17(15-24)21(22)16-25)11-13-26-20-7-3-2-4-8-20/h2-8,11-12,14H,9-10,13H2,1H3. The molecule has 1 saturated carbocycles. The van der Waals surface area contributed by atoms with Crippen LogP contribution in [0.2, 0.25) is 0 Å². The van der Waals surface area contributed by atoms with E-state index in [1.807, 2.05) is 30.1 Å². The van der Waals surface area contributed by atoms with Gasteiger partial charge in [-0.15, -0.1) is 11.8 Å². The topological polar surface area (TPSA) is 12.9 Å². The summed E-state index contributed by atoms with van der Waals surface area (Å²) >= 11 is 12.2. The van der Waals surface area contributed by atoms with Crippen molar-refractivity contribution >= 4 is 46.2 Å². The summed E-state index contributed by atoms with van der Waals surface area (Å²) in [6.07, 6.45) is 7.84. The molecule has 0 N–H and O–H groups in total. The maximum Gasteiger partial charge on any atom is 0.0489 e. The SMILES string of the molecule is CC1(c2cccnc2)C(=C=S)C(=C=S)CCC1=CCSc1ccccc1. The lowest BCUT2D eigenvalue weighted by Crippen LogP contribution is -2.33. The van der Waals surface area contributed by atoms with Gasteiger partial charge >= 0.3 is 0 Å². The Hall–Kier alpha value is -1.80. The molecule has 2 aromatic rings. The van der Waals surface area contributed by atoms with Crippen LogP contribution in [0.15, 0.2) is 82.5 Å². The Balaban J connectivity index is 1.98. The van der Waals surface area contributed by atoms with E-state index in [-0.39, 0.29) is 5.41 Å². The van der Waals surface area contributed by atoms with Gasteiger partial charge in [0, 0.05) is 39.6 Å². The first-order valence-corrected chi connectivity index (χ1v) is 10.3. The molecule has 26 heavy (non-hydrogen) atoms. The molecule has 130 valence electrons. The van der Waals surface area contributed by atoms with E-state index in [2.05, 4.69) is 58.4 Å². The molecule has 0 spiro atoms. The quantitative estimate of drug-likeness (QED) is 0.364. The fourth-order valence-corrected chi connectivity index (χ4v) is 4.77. The van der Waals surface area contributed by atoms with Gasteiger partial charge in [-0.3, -0.25) is 4.98 Å². The molecule has 3 rings (SSSR count). The molecule has 0 saturated heterocycles. The fourth-order valence-electron chi connectivity index (χ4n) is 3.41. The zero-order chi connectivity index (χ0) is 18.4.